The summed E-state index contributed by atoms with van der Waals surface area (Å²) in [5.41, 5.74) is 2.65. The molecule has 1 fully saturated rings. The van der Waals surface area contributed by atoms with Gasteiger partial charge in [-0.25, -0.2) is 0 Å². The molecule has 21 heavy (non-hydrogen) atoms. The fraction of sp³-hybridized carbons (Fsp3) is 0.625. The Morgan fingerprint density at radius 3 is 2.43 bits per heavy atom. The van der Waals surface area contributed by atoms with Crippen LogP contribution in [0.1, 0.15) is 39.2 Å². The molecule has 0 spiro atoms. The normalized spacial score (nSPS) is 17.0. The molecule has 0 aromatic heterocycles. The zero-order valence-corrected chi connectivity index (χ0v) is 14.5. The Balaban J connectivity index is 2.15. The van der Waals surface area contributed by atoms with E-state index in [1.165, 1.54) is 12.8 Å². The molecular weight excluding hydrogens is 332 g/mol. The van der Waals surface area contributed by atoms with E-state index in [0.717, 1.165) is 30.3 Å². The van der Waals surface area contributed by atoms with E-state index in [2.05, 4.69) is 41.6 Å². The Labute approximate surface area is 134 Å². The van der Waals surface area contributed by atoms with Crippen LogP contribution in [0, 0.1) is 21.4 Å². The van der Waals surface area contributed by atoms with Crippen LogP contribution in [0.4, 0.5) is 11.4 Å². The van der Waals surface area contributed by atoms with Crippen molar-refractivity contribution in [2.75, 3.05) is 18.0 Å². The third-order valence-electron chi connectivity index (χ3n) is 4.48. The van der Waals surface area contributed by atoms with Gasteiger partial charge in [0.1, 0.15) is 0 Å². The Morgan fingerprint density at radius 1 is 1.33 bits per heavy atom. The van der Waals surface area contributed by atoms with Crippen molar-refractivity contribution in [2.45, 2.75) is 38.9 Å². The Kier molecular flexibility index (Phi) is 4.91. The smallest absolute Gasteiger partial charge is 0.269 e. The summed E-state index contributed by atoms with van der Waals surface area (Å²) in [6, 6.07) is 5.18. The highest BCUT2D eigenvalue weighted by Gasteiger charge is 2.29. The number of nitrogens with zero attached hydrogens (tertiary/aromatic N) is 2. The molecule has 4 nitrogen and oxygen atoms in total. The van der Waals surface area contributed by atoms with Gasteiger partial charge in [0.15, 0.2) is 0 Å². The van der Waals surface area contributed by atoms with E-state index in [9.17, 15) is 10.1 Å². The van der Waals surface area contributed by atoms with E-state index in [-0.39, 0.29) is 10.6 Å². The van der Waals surface area contributed by atoms with Gasteiger partial charge in [0.25, 0.3) is 5.69 Å². The van der Waals surface area contributed by atoms with Crippen molar-refractivity contribution >= 4 is 27.3 Å². The summed E-state index contributed by atoms with van der Waals surface area (Å²) >= 11 is 3.45. The molecule has 2 rings (SSSR count). The average Bonchev–Trinajstić information content (AvgIpc) is 2.45. The molecule has 1 heterocycles. The van der Waals surface area contributed by atoms with Crippen LogP contribution in [0.15, 0.2) is 18.2 Å². The summed E-state index contributed by atoms with van der Waals surface area (Å²) in [6.07, 6.45) is 2.37. The summed E-state index contributed by atoms with van der Waals surface area (Å²) in [6.45, 7) is 8.98. The summed E-state index contributed by atoms with van der Waals surface area (Å²) in [4.78, 5) is 12.9. The molecule has 0 saturated carbocycles. The quantitative estimate of drug-likeness (QED) is 0.446. The van der Waals surface area contributed by atoms with E-state index in [1.807, 2.05) is 6.07 Å². The third kappa shape index (κ3) is 3.76. The average molecular weight is 355 g/mol. The molecule has 116 valence electrons. The maximum atomic E-state index is 10.9. The molecule has 1 aromatic carbocycles. The van der Waals surface area contributed by atoms with Gasteiger partial charge in [-0.1, -0.05) is 36.7 Å². The number of rotatable bonds is 3. The van der Waals surface area contributed by atoms with Crippen molar-refractivity contribution in [2.24, 2.45) is 11.3 Å². The highest BCUT2D eigenvalue weighted by molar-refractivity contribution is 9.08. The highest BCUT2D eigenvalue weighted by atomic mass is 79.9. The Hall–Kier alpha value is -1.10. The van der Waals surface area contributed by atoms with Crippen molar-refractivity contribution in [1.82, 2.24) is 0 Å². The first-order valence-corrected chi connectivity index (χ1v) is 8.53. The minimum absolute atomic E-state index is 0.165. The summed E-state index contributed by atoms with van der Waals surface area (Å²) in [7, 11) is 0. The summed E-state index contributed by atoms with van der Waals surface area (Å²) in [5.74, 6) is 0.749. The standard InChI is InChI=1S/C16H23BrN2O2/c1-16(2,3)13-6-8-18(9-7-13)15-5-4-14(19(20)21)10-12(15)11-17/h4-5,10,13H,6-9,11H2,1-3H3. The van der Waals surface area contributed by atoms with Gasteiger partial charge in [0.2, 0.25) is 0 Å². The van der Waals surface area contributed by atoms with Crippen molar-refractivity contribution in [3.63, 3.8) is 0 Å². The molecule has 0 amide bonds. The van der Waals surface area contributed by atoms with Crippen LogP contribution in [0.2, 0.25) is 0 Å². The second-order valence-corrected chi connectivity index (χ2v) is 7.39. The molecule has 5 heteroatoms. The lowest BCUT2D eigenvalue weighted by molar-refractivity contribution is -0.384. The van der Waals surface area contributed by atoms with E-state index in [0.29, 0.717) is 10.7 Å². The lowest BCUT2D eigenvalue weighted by Gasteiger charge is -2.40. The largest absolute Gasteiger partial charge is 0.371 e. The van der Waals surface area contributed by atoms with Gasteiger partial charge in [-0.3, -0.25) is 10.1 Å². The molecule has 0 atom stereocenters. The predicted octanol–water partition coefficient (Wildman–Crippen LogP) is 4.75. The fourth-order valence-electron chi connectivity index (χ4n) is 3.09. The first-order chi connectivity index (χ1) is 9.82. The second kappa shape index (κ2) is 6.34. The topological polar surface area (TPSA) is 46.4 Å². The lowest BCUT2D eigenvalue weighted by Crippen LogP contribution is -2.38. The summed E-state index contributed by atoms with van der Waals surface area (Å²) in [5, 5.41) is 11.5. The van der Waals surface area contributed by atoms with Crippen molar-refractivity contribution in [1.29, 1.82) is 0 Å². The van der Waals surface area contributed by atoms with Gasteiger partial charge in [-0.15, -0.1) is 0 Å². The third-order valence-corrected chi connectivity index (χ3v) is 5.08. The molecule has 1 aromatic rings. The number of nitro groups is 1. The van der Waals surface area contributed by atoms with Gasteiger partial charge in [0.05, 0.1) is 4.92 Å². The van der Waals surface area contributed by atoms with Gasteiger partial charge >= 0.3 is 0 Å². The number of nitro benzene ring substituents is 1. The molecule has 1 aliphatic rings. The monoisotopic (exact) mass is 354 g/mol. The van der Waals surface area contributed by atoms with Crippen LogP contribution in [0.5, 0.6) is 0 Å². The number of hydrogen-bond donors (Lipinski definition) is 0. The fourth-order valence-corrected chi connectivity index (χ4v) is 3.54. The molecule has 1 aliphatic heterocycles. The van der Waals surface area contributed by atoms with Crippen LogP contribution in [-0.4, -0.2) is 18.0 Å². The minimum atomic E-state index is -0.332. The molecule has 0 unspecified atom stereocenters. The predicted molar refractivity (Wildman–Crippen MR) is 90.1 cm³/mol. The van der Waals surface area contributed by atoms with Crippen LogP contribution < -0.4 is 4.90 Å². The van der Waals surface area contributed by atoms with Gasteiger partial charge in [-0.05, 0) is 35.8 Å². The van der Waals surface area contributed by atoms with E-state index >= 15 is 0 Å². The molecule has 0 N–H and O–H groups in total. The molecule has 0 aliphatic carbocycles. The van der Waals surface area contributed by atoms with Gasteiger partial charge in [0, 0.05) is 36.2 Å². The van der Waals surface area contributed by atoms with Crippen LogP contribution in [-0.2, 0) is 5.33 Å². The SMILES string of the molecule is CC(C)(C)C1CCN(c2ccc([N+](=O)[O-])cc2CBr)CC1. The molecule has 0 radical (unpaired) electrons. The first-order valence-electron chi connectivity index (χ1n) is 7.41. The summed E-state index contributed by atoms with van der Waals surface area (Å²) < 4.78 is 0. The molecule has 0 bridgehead atoms. The van der Waals surface area contributed by atoms with Crippen molar-refractivity contribution in [3.05, 3.63) is 33.9 Å². The zero-order valence-electron chi connectivity index (χ0n) is 12.9. The second-order valence-electron chi connectivity index (χ2n) is 6.83. The molecular formula is C16H23BrN2O2. The Bertz CT molecular complexity index is 517. The zero-order chi connectivity index (χ0) is 15.6. The number of piperidine rings is 1. The van der Waals surface area contributed by atoms with Crippen LogP contribution in [0.3, 0.4) is 0 Å². The van der Waals surface area contributed by atoms with Gasteiger partial charge < -0.3 is 4.90 Å². The number of anilines is 1. The number of alkyl halides is 1. The maximum absolute atomic E-state index is 10.9. The van der Waals surface area contributed by atoms with Crippen molar-refractivity contribution in [3.8, 4) is 0 Å². The van der Waals surface area contributed by atoms with Crippen LogP contribution >= 0.6 is 15.9 Å². The van der Waals surface area contributed by atoms with E-state index in [1.54, 1.807) is 12.1 Å². The van der Waals surface area contributed by atoms with Gasteiger partial charge in [-0.2, -0.15) is 0 Å². The number of halogens is 1. The molecule has 1 saturated heterocycles. The lowest BCUT2D eigenvalue weighted by atomic mass is 9.75. The van der Waals surface area contributed by atoms with Crippen molar-refractivity contribution < 1.29 is 4.92 Å². The van der Waals surface area contributed by atoms with Crippen LogP contribution in [0.25, 0.3) is 0 Å². The first kappa shape index (κ1) is 16.3. The van der Waals surface area contributed by atoms with E-state index < -0.39 is 0 Å². The maximum Gasteiger partial charge on any atom is 0.269 e. The number of benzene rings is 1. The number of hydrogen-bond acceptors (Lipinski definition) is 3. The number of non-ortho nitro benzene ring substituents is 1. The Morgan fingerprint density at radius 2 is 1.95 bits per heavy atom. The highest BCUT2D eigenvalue weighted by Crippen LogP contribution is 2.37. The van der Waals surface area contributed by atoms with E-state index in [4.69, 9.17) is 0 Å². The minimum Gasteiger partial charge on any atom is -0.371 e.